The SMILES string of the molecule is C=CCNCC(C(=O)OC)c1ccccc1. The van der Waals surface area contributed by atoms with E-state index in [9.17, 15) is 4.79 Å². The molecule has 0 aliphatic carbocycles. The summed E-state index contributed by atoms with van der Waals surface area (Å²) in [6, 6.07) is 9.61. The lowest BCUT2D eigenvalue weighted by Gasteiger charge is -2.15. The van der Waals surface area contributed by atoms with Crippen molar-refractivity contribution in [2.24, 2.45) is 0 Å². The summed E-state index contributed by atoms with van der Waals surface area (Å²) in [4.78, 5) is 11.6. The zero-order valence-electron chi connectivity index (χ0n) is 9.48. The van der Waals surface area contributed by atoms with Gasteiger partial charge in [-0.2, -0.15) is 0 Å². The van der Waals surface area contributed by atoms with Gasteiger partial charge in [-0.25, -0.2) is 0 Å². The summed E-state index contributed by atoms with van der Waals surface area (Å²) in [7, 11) is 1.41. The van der Waals surface area contributed by atoms with Gasteiger partial charge in [0, 0.05) is 13.1 Å². The first kappa shape index (κ1) is 12.5. The molecule has 1 unspecified atom stereocenters. The molecule has 3 nitrogen and oxygen atoms in total. The Morgan fingerprint density at radius 3 is 2.75 bits per heavy atom. The molecule has 0 aliphatic heterocycles. The van der Waals surface area contributed by atoms with Crippen LogP contribution in [0, 0.1) is 0 Å². The summed E-state index contributed by atoms with van der Waals surface area (Å²) in [5.74, 6) is -0.478. The summed E-state index contributed by atoms with van der Waals surface area (Å²) >= 11 is 0. The largest absolute Gasteiger partial charge is 0.469 e. The normalized spacial score (nSPS) is 11.8. The Hall–Kier alpha value is -1.61. The molecular formula is C13H17NO2. The van der Waals surface area contributed by atoms with Crippen LogP contribution in [0.1, 0.15) is 11.5 Å². The van der Waals surface area contributed by atoms with Crippen molar-refractivity contribution >= 4 is 5.97 Å². The molecular weight excluding hydrogens is 202 g/mol. The third-order valence-corrected chi connectivity index (χ3v) is 2.32. The quantitative estimate of drug-likeness (QED) is 0.450. The highest BCUT2D eigenvalue weighted by Crippen LogP contribution is 2.15. The van der Waals surface area contributed by atoms with E-state index in [2.05, 4.69) is 11.9 Å². The fraction of sp³-hybridized carbons (Fsp3) is 0.308. The summed E-state index contributed by atoms with van der Waals surface area (Å²) < 4.78 is 4.79. The van der Waals surface area contributed by atoms with Gasteiger partial charge < -0.3 is 10.1 Å². The second-order valence-corrected chi connectivity index (χ2v) is 3.43. The highest BCUT2D eigenvalue weighted by Gasteiger charge is 2.20. The van der Waals surface area contributed by atoms with Crippen molar-refractivity contribution in [2.75, 3.05) is 20.2 Å². The Labute approximate surface area is 96.1 Å². The molecule has 0 aliphatic rings. The van der Waals surface area contributed by atoms with Gasteiger partial charge in [0.2, 0.25) is 0 Å². The Morgan fingerprint density at radius 1 is 1.50 bits per heavy atom. The smallest absolute Gasteiger partial charge is 0.314 e. The van der Waals surface area contributed by atoms with Crippen molar-refractivity contribution in [3.63, 3.8) is 0 Å². The maximum Gasteiger partial charge on any atom is 0.314 e. The van der Waals surface area contributed by atoms with Gasteiger partial charge in [0.1, 0.15) is 0 Å². The summed E-state index contributed by atoms with van der Waals surface area (Å²) in [5.41, 5.74) is 0.964. The standard InChI is InChI=1S/C13H17NO2/c1-3-9-14-10-12(13(15)16-2)11-7-5-4-6-8-11/h3-8,12,14H,1,9-10H2,2H3. The van der Waals surface area contributed by atoms with Crippen molar-refractivity contribution in [3.8, 4) is 0 Å². The number of methoxy groups -OCH3 is 1. The van der Waals surface area contributed by atoms with Crippen LogP contribution in [0.5, 0.6) is 0 Å². The van der Waals surface area contributed by atoms with E-state index in [0.717, 1.165) is 5.56 Å². The number of esters is 1. The third kappa shape index (κ3) is 3.51. The maximum absolute atomic E-state index is 11.6. The molecule has 1 rings (SSSR count). The number of hydrogen-bond donors (Lipinski definition) is 1. The third-order valence-electron chi connectivity index (χ3n) is 2.32. The van der Waals surface area contributed by atoms with Gasteiger partial charge in [-0.1, -0.05) is 36.4 Å². The molecule has 0 fully saturated rings. The van der Waals surface area contributed by atoms with Crippen molar-refractivity contribution < 1.29 is 9.53 Å². The fourth-order valence-corrected chi connectivity index (χ4v) is 1.49. The van der Waals surface area contributed by atoms with Crippen LogP contribution in [-0.4, -0.2) is 26.2 Å². The van der Waals surface area contributed by atoms with E-state index in [1.54, 1.807) is 6.08 Å². The van der Waals surface area contributed by atoms with E-state index < -0.39 is 0 Å². The molecule has 0 heterocycles. The maximum atomic E-state index is 11.6. The van der Waals surface area contributed by atoms with Crippen LogP contribution < -0.4 is 5.32 Å². The van der Waals surface area contributed by atoms with E-state index in [1.807, 2.05) is 30.3 Å². The molecule has 1 atom stereocenters. The summed E-state index contributed by atoms with van der Waals surface area (Å²) in [6.07, 6.45) is 1.76. The molecule has 0 spiro atoms. The van der Waals surface area contributed by atoms with Gasteiger partial charge in [-0.15, -0.1) is 6.58 Å². The fourth-order valence-electron chi connectivity index (χ4n) is 1.49. The molecule has 16 heavy (non-hydrogen) atoms. The van der Waals surface area contributed by atoms with E-state index in [4.69, 9.17) is 4.74 Å². The van der Waals surface area contributed by atoms with Crippen LogP contribution in [0.3, 0.4) is 0 Å². The average molecular weight is 219 g/mol. The Bertz CT molecular complexity index is 335. The molecule has 0 bridgehead atoms. The van der Waals surface area contributed by atoms with Crippen LogP contribution in [0.15, 0.2) is 43.0 Å². The van der Waals surface area contributed by atoms with Crippen molar-refractivity contribution in [2.45, 2.75) is 5.92 Å². The van der Waals surface area contributed by atoms with Crippen LogP contribution in [0.25, 0.3) is 0 Å². The van der Waals surface area contributed by atoms with Crippen LogP contribution >= 0.6 is 0 Å². The summed E-state index contributed by atoms with van der Waals surface area (Å²) in [6.45, 7) is 4.86. The lowest BCUT2D eigenvalue weighted by Crippen LogP contribution is -2.27. The molecule has 86 valence electrons. The van der Waals surface area contributed by atoms with Crippen molar-refractivity contribution in [1.29, 1.82) is 0 Å². The van der Waals surface area contributed by atoms with E-state index >= 15 is 0 Å². The van der Waals surface area contributed by atoms with Crippen LogP contribution in [-0.2, 0) is 9.53 Å². The number of benzene rings is 1. The molecule has 0 radical (unpaired) electrons. The van der Waals surface area contributed by atoms with Crippen LogP contribution in [0.2, 0.25) is 0 Å². The Kier molecular flexibility index (Phi) is 5.29. The number of ether oxygens (including phenoxy) is 1. The second-order valence-electron chi connectivity index (χ2n) is 3.43. The number of nitrogens with one attached hydrogen (secondary N) is 1. The zero-order valence-corrected chi connectivity index (χ0v) is 9.48. The Morgan fingerprint density at radius 2 is 2.19 bits per heavy atom. The predicted molar refractivity (Wildman–Crippen MR) is 64.3 cm³/mol. The van der Waals surface area contributed by atoms with E-state index in [0.29, 0.717) is 13.1 Å². The minimum absolute atomic E-state index is 0.220. The van der Waals surface area contributed by atoms with E-state index in [1.165, 1.54) is 7.11 Å². The highest BCUT2D eigenvalue weighted by atomic mass is 16.5. The van der Waals surface area contributed by atoms with Gasteiger partial charge in [0.05, 0.1) is 13.0 Å². The topological polar surface area (TPSA) is 38.3 Å². The molecule has 3 heteroatoms. The monoisotopic (exact) mass is 219 g/mol. The molecule has 1 aromatic carbocycles. The minimum Gasteiger partial charge on any atom is -0.469 e. The lowest BCUT2D eigenvalue weighted by molar-refractivity contribution is -0.142. The van der Waals surface area contributed by atoms with Crippen molar-refractivity contribution in [3.05, 3.63) is 48.6 Å². The summed E-state index contributed by atoms with van der Waals surface area (Å²) in [5, 5.41) is 3.13. The zero-order chi connectivity index (χ0) is 11.8. The first-order valence-corrected chi connectivity index (χ1v) is 5.24. The minimum atomic E-state index is -0.258. The second kappa shape index (κ2) is 6.80. The molecule has 0 saturated carbocycles. The van der Waals surface area contributed by atoms with Gasteiger partial charge in [0.25, 0.3) is 0 Å². The van der Waals surface area contributed by atoms with Crippen molar-refractivity contribution in [1.82, 2.24) is 5.32 Å². The lowest BCUT2D eigenvalue weighted by atomic mass is 9.99. The molecule has 1 aromatic rings. The Balaban J connectivity index is 2.71. The number of hydrogen-bond acceptors (Lipinski definition) is 3. The first-order valence-electron chi connectivity index (χ1n) is 5.24. The van der Waals surface area contributed by atoms with E-state index in [-0.39, 0.29) is 11.9 Å². The highest BCUT2D eigenvalue weighted by molar-refractivity contribution is 5.78. The van der Waals surface area contributed by atoms with Gasteiger partial charge in [-0.3, -0.25) is 4.79 Å². The first-order chi connectivity index (χ1) is 7.79. The molecule has 1 N–H and O–H groups in total. The van der Waals surface area contributed by atoms with Gasteiger partial charge >= 0.3 is 5.97 Å². The molecule has 0 amide bonds. The predicted octanol–water partition coefficient (Wildman–Crippen LogP) is 1.72. The molecule has 0 saturated heterocycles. The number of rotatable bonds is 6. The number of carbonyl (C=O) groups is 1. The van der Waals surface area contributed by atoms with Crippen LogP contribution in [0.4, 0.5) is 0 Å². The average Bonchev–Trinajstić information content (AvgIpc) is 2.35. The molecule has 0 aromatic heterocycles. The van der Waals surface area contributed by atoms with Gasteiger partial charge in [-0.05, 0) is 5.56 Å². The number of carbonyl (C=O) groups excluding carboxylic acids is 1. The van der Waals surface area contributed by atoms with Gasteiger partial charge in [0.15, 0.2) is 0 Å².